The van der Waals surface area contributed by atoms with Crippen LogP contribution in [0.15, 0.2) is 0 Å². The van der Waals surface area contributed by atoms with Crippen molar-refractivity contribution in [2.24, 2.45) is 0 Å². The molecule has 0 aromatic heterocycles. The SMILES string of the molecule is [CH-]1CNCCN1.[CH-]1CNCCN1.[CH-]1CNCCN1.[Zr+3]. The van der Waals surface area contributed by atoms with Crippen molar-refractivity contribution >= 4 is 0 Å². The molecule has 6 nitrogen and oxygen atoms in total. The average molecular weight is 347 g/mol. The van der Waals surface area contributed by atoms with Gasteiger partial charge in [0.05, 0.1) is 0 Å². The summed E-state index contributed by atoms with van der Waals surface area (Å²) in [6.45, 7) is 15.7. The summed E-state index contributed by atoms with van der Waals surface area (Å²) >= 11 is 0. The molecule has 3 aliphatic rings. The van der Waals surface area contributed by atoms with Crippen LogP contribution in [0.25, 0.3) is 0 Å². The van der Waals surface area contributed by atoms with Gasteiger partial charge in [-0.2, -0.15) is 0 Å². The molecule has 109 valence electrons. The van der Waals surface area contributed by atoms with Gasteiger partial charge in [0.1, 0.15) is 0 Å². The Balaban J connectivity index is 0.000000249. The first-order chi connectivity index (χ1) is 9.00. The van der Waals surface area contributed by atoms with Crippen LogP contribution in [0.5, 0.6) is 0 Å². The first-order valence-corrected chi connectivity index (χ1v) is 6.77. The molecule has 0 aromatic carbocycles. The molecule has 6 N–H and O–H groups in total. The van der Waals surface area contributed by atoms with Crippen LogP contribution in [0, 0.1) is 19.6 Å². The minimum Gasteiger partial charge on any atom is -0.468 e. The molecule has 3 rings (SSSR count). The monoisotopic (exact) mass is 345 g/mol. The van der Waals surface area contributed by atoms with Crippen LogP contribution in [0.2, 0.25) is 0 Å². The van der Waals surface area contributed by atoms with E-state index in [9.17, 15) is 0 Å². The molecule has 3 heterocycles. The van der Waals surface area contributed by atoms with Crippen LogP contribution < -0.4 is 31.9 Å². The van der Waals surface area contributed by atoms with Gasteiger partial charge in [-0.1, -0.05) is 0 Å². The van der Waals surface area contributed by atoms with Crippen LogP contribution in [0.4, 0.5) is 0 Å². The predicted octanol–water partition coefficient (Wildman–Crippen LogP) is -1.98. The summed E-state index contributed by atoms with van der Waals surface area (Å²) in [5.74, 6) is 0. The number of hydrogen-bond donors (Lipinski definition) is 6. The fourth-order valence-electron chi connectivity index (χ4n) is 1.53. The molecule has 19 heavy (non-hydrogen) atoms. The molecule has 0 atom stereocenters. The topological polar surface area (TPSA) is 72.2 Å². The molecule has 7 heteroatoms. The second kappa shape index (κ2) is 16.7. The van der Waals surface area contributed by atoms with Gasteiger partial charge in [-0.3, -0.25) is 19.6 Å². The zero-order valence-electron chi connectivity index (χ0n) is 11.6. The summed E-state index contributed by atoms with van der Waals surface area (Å²) < 4.78 is 0. The maximum Gasteiger partial charge on any atom is 3.00 e. The number of rotatable bonds is 0. The van der Waals surface area contributed by atoms with E-state index < -0.39 is 0 Å². The average Bonchev–Trinajstić information content (AvgIpc) is 2.54. The van der Waals surface area contributed by atoms with Gasteiger partial charge in [0.25, 0.3) is 0 Å². The molecule has 0 bridgehead atoms. The molecular formula is C12H27N6Zr. The summed E-state index contributed by atoms with van der Waals surface area (Å²) in [7, 11) is 0. The molecule has 3 aliphatic heterocycles. The quantitative estimate of drug-likeness (QED) is 0.286. The van der Waals surface area contributed by atoms with Crippen molar-refractivity contribution in [2.75, 3.05) is 58.9 Å². The Morgan fingerprint density at radius 2 is 0.789 bits per heavy atom. The zero-order chi connectivity index (χ0) is 12.7. The first-order valence-electron chi connectivity index (χ1n) is 6.77. The van der Waals surface area contributed by atoms with Crippen molar-refractivity contribution in [1.82, 2.24) is 31.9 Å². The molecule has 0 amide bonds. The molecular weight excluding hydrogens is 319 g/mol. The Morgan fingerprint density at radius 1 is 0.474 bits per heavy atom. The minimum absolute atomic E-state index is 0. The Labute approximate surface area is 136 Å². The third-order valence-corrected chi connectivity index (χ3v) is 2.51. The van der Waals surface area contributed by atoms with Gasteiger partial charge in [-0.25, -0.2) is 0 Å². The van der Waals surface area contributed by atoms with Gasteiger partial charge >= 0.3 is 26.2 Å². The van der Waals surface area contributed by atoms with Crippen molar-refractivity contribution in [2.45, 2.75) is 0 Å². The number of hydrogen-bond acceptors (Lipinski definition) is 6. The molecule has 0 aliphatic carbocycles. The van der Waals surface area contributed by atoms with E-state index in [4.69, 9.17) is 0 Å². The van der Waals surface area contributed by atoms with E-state index in [2.05, 4.69) is 31.9 Å². The van der Waals surface area contributed by atoms with Gasteiger partial charge in [0.15, 0.2) is 0 Å². The first kappa shape index (κ1) is 19.6. The largest absolute Gasteiger partial charge is 3.00 e. The molecule has 0 saturated carbocycles. The smallest absolute Gasteiger partial charge is 0.468 e. The van der Waals surface area contributed by atoms with Crippen LogP contribution in [-0.4, -0.2) is 58.9 Å². The molecule has 0 aromatic rings. The van der Waals surface area contributed by atoms with Crippen molar-refractivity contribution in [3.8, 4) is 0 Å². The maximum atomic E-state index is 3.17. The van der Waals surface area contributed by atoms with Crippen LogP contribution >= 0.6 is 0 Å². The molecule has 3 saturated heterocycles. The van der Waals surface area contributed by atoms with Gasteiger partial charge in [0.2, 0.25) is 0 Å². The summed E-state index contributed by atoms with van der Waals surface area (Å²) in [4.78, 5) is 0. The van der Waals surface area contributed by atoms with Crippen LogP contribution in [-0.2, 0) is 26.2 Å². The Morgan fingerprint density at radius 3 is 0.842 bits per heavy atom. The van der Waals surface area contributed by atoms with Crippen molar-refractivity contribution in [1.29, 1.82) is 0 Å². The van der Waals surface area contributed by atoms with E-state index in [1.165, 1.54) is 0 Å². The fraction of sp³-hybridized carbons (Fsp3) is 0.750. The second-order valence-electron chi connectivity index (χ2n) is 4.09. The van der Waals surface area contributed by atoms with Gasteiger partial charge in [0, 0.05) is 19.6 Å². The Hall–Kier alpha value is 0.643. The van der Waals surface area contributed by atoms with Crippen LogP contribution in [0.1, 0.15) is 0 Å². The summed E-state index contributed by atoms with van der Waals surface area (Å²) in [5.41, 5.74) is 0. The molecule has 1 radical (unpaired) electrons. The normalized spacial score (nSPS) is 22.7. The van der Waals surface area contributed by atoms with Gasteiger partial charge < -0.3 is 31.9 Å². The second-order valence-corrected chi connectivity index (χ2v) is 4.09. The zero-order valence-corrected chi connectivity index (χ0v) is 14.1. The summed E-state index contributed by atoms with van der Waals surface area (Å²) in [5, 5.41) is 18.8. The maximum absolute atomic E-state index is 3.17. The molecule has 0 unspecified atom stereocenters. The standard InChI is InChI=1S/3C4H9N2.Zr/c3*1-2-6-4-3-5-1;/h3*1,5-6H,2-4H2;/q3*-1;+3. The number of piperazine rings is 3. The van der Waals surface area contributed by atoms with Crippen molar-refractivity contribution in [3.05, 3.63) is 19.6 Å². The number of nitrogens with one attached hydrogen (secondary N) is 6. The van der Waals surface area contributed by atoms with Crippen molar-refractivity contribution < 1.29 is 26.2 Å². The minimum atomic E-state index is 0. The van der Waals surface area contributed by atoms with E-state index in [1.807, 2.05) is 19.6 Å². The van der Waals surface area contributed by atoms with E-state index in [-0.39, 0.29) is 26.2 Å². The van der Waals surface area contributed by atoms with E-state index in [1.54, 1.807) is 0 Å². The van der Waals surface area contributed by atoms with E-state index in [0.717, 1.165) is 58.9 Å². The fourth-order valence-corrected chi connectivity index (χ4v) is 1.53. The van der Waals surface area contributed by atoms with Crippen molar-refractivity contribution in [3.63, 3.8) is 0 Å². The Kier molecular flexibility index (Phi) is 17.3. The van der Waals surface area contributed by atoms with E-state index >= 15 is 0 Å². The van der Waals surface area contributed by atoms with Crippen LogP contribution in [0.3, 0.4) is 0 Å². The summed E-state index contributed by atoms with van der Waals surface area (Å²) in [6.07, 6.45) is 0. The third-order valence-electron chi connectivity index (χ3n) is 2.51. The molecule has 3 fully saturated rings. The third kappa shape index (κ3) is 14.9. The molecule has 0 spiro atoms. The Bertz CT molecular complexity index is 97.2. The summed E-state index contributed by atoms with van der Waals surface area (Å²) in [6, 6.07) is 0. The van der Waals surface area contributed by atoms with Gasteiger partial charge in [-0.05, 0) is 19.6 Å². The van der Waals surface area contributed by atoms with E-state index in [0.29, 0.717) is 0 Å². The van der Waals surface area contributed by atoms with Gasteiger partial charge in [-0.15, -0.1) is 19.6 Å². The predicted molar refractivity (Wildman–Crippen MR) is 75.5 cm³/mol.